The number of alkyl halides is 3. The number of furan rings is 1. The van der Waals surface area contributed by atoms with Crippen LogP contribution in [0.15, 0.2) is 47.1 Å². The maximum Gasteiger partial charge on any atom is 0.416 e. The molecule has 1 aromatic heterocycles. The van der Waals surface area contributed by atoms with E-state index in [1.165, 1.54) is 22.8 Å². The summed E-state index contributed by atoms with van der Waals surface area (Å²) in [7, 11) is 0. The first-order valence-electron chi connectivity index (χ1n) is 10.1. The number of halogens is 3. The third kappa shape index (κ3) is 4.60. The lowest BCUT2D eigenvalue weighted by atomic mass is 9.90. The van der Waals surface area contributed by atoms with Gasteiger partial charge in [0.15, 0.2) is 0 Å². The van der Waals surface area contributed by atoms with Crippen LogP contribution in [0.3, 0.4) is 0 Å². The number of unbranched alkanes of at least 4 members (excludes halogenated alkanes) is 2. The molecule has 0 saturated heterocycles. The molecule has 1 nitrogen and oxygen atoms in total. The smallest absolute Gasteiger partial charge is 0.416 e. The molecule has 2 aromatic carbocycles. The molecular weight excluding hydrogens is 361 g/mol. The summed E-state index contributed by atoms with van der Waals surface area (Å²) in [5.74, 6) is 0. The van der Waals surface area contributed by atoms with Crippen molar-refractivity contribution in [3.8, 4) is 0 Å². The first-order valence-corrected chi connectivity index (χ1v) is 10.1. The predicted molar refractivity (Wildman–Crippen MR) is 108 cm³/mol. The molecule has 0 saturated carbocycles. The summed E-state index contributed by atoms with van der Waals surface area (Å²) in [5.41, 5.74) is 4.57. The molecular formula is C24H27F3O. The lowest BCUT2D eigenvalue weighted by Gasteiger charge is -2.15. The third-order valence-corrected chi connectivity index (χ3v) is 5.32. The second-order valence-corrected chi connectivity index (χ2v) is 7.41. The van der Waals surface area contributed by atoms with E-state index < -0.39 is 11.7 Å². The Bertz CT molecular complexity index is 895. The van der Waals surface area contributed by atoms with Crippen molar-refractivity contribution in [3.05, 3.63) is 70.5 Å². The van der Waals surface area contributed by atoms with Gasteiger partial charge in [0, 0.05) is 17.4 Å². The van der Waals surface area contributed by atoms with Gasteiger partial charge in [-0.15, -0.1) is 0 Å². The van der Waals surface area contributed by atoms with E-state index >= 15 is 0 Å². The van der Waals surface area contributed by atoms with Crippen LogP contribution in [0.25, 0.3) is 11.0 Å². The van der Waals surface area contributed by atoms with Crippen LogP contribution < -0.4 is 0 Å². The Morgan fingerprint density at radius 2 is 1.50 bits per heavy atom. The van der Waals surface area contributed by atoms with E-state index in [1.807, 2.05) is 0 Å². The zero-order chi connectivity index (χ0) is 20.1. The highest BCUT2D eigenvalue weighted by Gasteiger charge is 2.31. The van der Waals surface area contributed by atoms with E-state index in [0.717, 1.165) is 61.6 Å². The summed E-state index contributed by atoms with van der Waals surface area (Å²) < 4.78 is 44.4. The maximum absolute atomic E-state index is 13.0. The summed E-state index contributed by atoms with van der Waals surface area (Å²) in [6.45, 7) is 4.37. The van der Waals surface area contributed by atoms with Crippen LogP contribution in [0.4, 0.5) is 13.2 Å². The Hall–Kier alpha value is -2.23. The van der Waals surface area contributed by atoms with Gasteiger partial charge in [-0.05, 0) is 54.5 Å². The molecule has 0 bridgehead atoms. The van der Waals surface area contributed by atoms with Gasteiger partial charge in [-0.3, -0.25) is 0 Å². The van der Waals surface area contributed by atoms with Crippen molar-refractivity contribution in [2.45, 2.75) is 65.0 Å². The number of fused-ring (bicyclic) bond motifs is 1. The molecule has 1 heterocycles. The van der Waals surface area contributed by atoms with E-state index in [2.05, 4.69) is 32.0 Å². The standard InChI is InChI=1S/C24H27F3O/c1-3-5-8-17-10-7-11-18(9-6-4-2)22(17)14-19-16-28-23-15-20(24(25,26)27)12-13-21(19)23/h7,10-13,15-16H,3-6,8-9,14H2,1-2H3. The van der Waals surface area contributed by atoms with Crippen molar-refractivity contribution in [1.29, 1.82) is 0 Å². The first kappa shape index (κ1) is 20.5. The Morgan fingerprint density at radius 1 is 0.857 bits per heavy atom. The minimum absolute atomic E-state index is 0.297. The highest BCUT2D eigenvalue weighted by molar-refractivity contribution is 5.82. The van der Waals surface area contributed by atoms with Gasteiger partial charge < -0.3 is 4.42 Å². The monoisotopic (exact) mass is 388 g/mol. The molecule has 0 aliphatic rings. The molecule has 3 aromatic rings. The lowest BCUT2D eigenvalue weighted by Crippen LogP contribution is -2.04. The second kappa shape index (κ2) is 8.85. The molecule has 0 amide bonds. The fraction of sp³-hybridized carbons (Fsp3) is 0.417. The predicted octanol–water partition coefficient (Wildman–Crippen LogP) is 7.73. The van der Waals surface area contributed by atoms with Crippen molar-refractivity contribution in [2.75, 3.05) is 0 Å². The van der Waals surface area contributed by atoms with E-state index in [4.69, 9.17) is 4.42 Å². The molecule has 0 fully saturated rings. The average Bonchev–Trinajstić information content (AvgIpc) is 3.07. The summed E-state index contributed by atoms with van der Waals surface area (Å²) in [5, 5.41) is 0.764. The number of hydrogen-bond donors (Lipinski definition) is 0. The van der Waals surface area contributed by atoms with Gasteiger partial charge >= 0.3 is 6.18 Å². The molecule has 0 radical (unpaired) electrons. The molecule has 4 heteroatoms. The van der Waals surface area contributed by atoms with Gasteiger partial charge in [0.2, 0.25) is 0 Å². The van der Waals surface area contributed by atoms with Gasteiger partial charge in [-0.2, -0.15) is 13.2 Å². The first-order chi connectivity index (χ1) is 13.4. The fourth-order valence-corrected chi connectivity index (χ4v) is 3.70. The molecule has 0 spiro atoms. The fourth-order valence-electron chi connectivity index (χ4n) is 3.70. The van der Waals surface area contributed by atoms with Crippen LogP contribution in [0.2, 0.25) is 0 Å². The molecule has 150 valence electrons. The van der Waals surface area contributed by atoms with Crippen LogP contribution >= 0.6 is 0 Å². The Kier molecular flexibility index (Phi) is 6.48. The molecule has 28 heavy (non-hydrogen) atoms. The van der Waals surface area contributed by atoms with E-state index in [0.29, 0.717) is 12.0 Å². The van der Waals surface area contributed by atoms with Gasteiger partial charge in [-0.25, -0.2) is 0 Å². The van der Waals surface area contributed by atoms with Crippen LogP contribution in [0.5, 0.6) is 0 Å². The van der Waals surface area contributed by atoms with Crippen molar-refractivity contribution < 1.29 is 17.6 Å². The van der Waals surface area contributed by atoms with Crippen LogP contribution in [-0.4, -0.2) is 0 Å². The van der Waals surface area contributed by atoms with E-state index in [1.54, 1.807) is 6.26 Å². The molecule has 0 N–H and O–H groups in total. The number of aryl methyl sites for hydroxylation is 2. The summed E-state index contributed by atoms with van der Waals surface area (Å²) >= 11 is 0. The van der Waals surface area contributed by atoms with Crippen molar-refractivity contribution in [1.82, 2.24) is 0 Å². The van der Waals surface area contributed by atoms with Gasteiger partial charge in [0.1, 0.15) is 5.58 Å². The van der Waals surface area contributed by atoms with E-state index in [-0.39, 0.29) is 0 Å². The van der Waals surface area contributed by atoms with Crippen molar-refractivity contribution >= 4 is 11.0 Å². The number of hydrogen-bond acceptors (Lipinski definition) is 1. The normalized spacial score (nSPS) is 12.0. The minimum atomic E-state index is -4.36. The number of benzene rings is 2. The average molecular weight is 388 g/mol. The zero-order valence-electron chi connectivity index (χ0n) is 16.5. The van der Waals surface area contributed by atoms with Crippen LogP contribution in [0.1, 0.15) is 67.3 Å². The third-order valence-electron chi connectivity index (χ3n) is 5.32. The minimum Gasteiger partial charge on any atom is -0.464 e. The SMILES string of the molecule is CCCCc1cccc(CCCC)c1Cc1coc2cc(C(F)(F)F)ccc12. The lowest BCUT2D eigenvalue weighted by molar-refractivity contribution is -0.137. The van der Waals surface area contributed by atoms with Gasteiger partial charge in [-0.1, -0.05) is 51.0 Å². The molecule has 0 atom stereocenters. The maximum atomic E-state index is 13.0. The van der Waals surface area contributed by atoms with E-state index in [9.17, 15) is 13.2 Å². The van der Waals surface area contributed by atoms with Crippen molar-refractivity contribution in [3.63, 3.8) is 0 Å². The Morgan fingerprint density at radius 3 is 2.07 bits per heavy atom. The summed E-state index contributed by atoms with van der Waals surface area (Å²) in [4.78, 5) is 0. The summed E-state index contributed by atoms with van der Waals surface area (Å²) in [6, 6.07) is 10.3. The van der Waals surface area contributed by atoms with Crippen LogP contribution in [-0.2, 0) is 25.4 Å². The van der Waals surface area contributed by atoms with Crippen LogP contribution in [0, 0.1) is 0 Å². The zero-order valence-corrected chi connectivity index (χ0v) is 16.5. The van der Waals surface area contributed by atoms with Crippen molar-refractivity contribution in [2.24, 2.45) is 0 Å². The van der Waals surface area contributed by atoms with Gasteiger partial charge in [0.25, 0.3) is 0 Å². The molecule has 0 unspecified atom stereocenters. The highest BCUT2D eigenvalue weighted by Crippen LogP contribution is 2.34. The molecule has 3 rings (SSSR count). The highest BCUT2D eigenvalue weighted by atomic mass is 19.4. The quantitative estimate of drug-likeness (QED) is 0.385. The topological polar surface area (TPSA) is 13.1 Å². The van der Waals surface area contributed by atoms with Gasteiger partial charge in [0.05, 0.1) is 11.8 Å². The summed E-state index contributed by atoms with van der Waals surface area (Å²) in [6.07, 6.45) is 4.53. The Labute approximate surface area is 164 Å². The molecule has 0 aliphatic heterocycles. The Balaban J connectivity index is 1.97. The largest absolute Gasteiger partial charge is 0.464 e. The molecule has 0 aliphatic carbocycles. The number of rotatable bonds is 8. The second-order valence-electron chi connectivity index (χ2n) is 7.41.